The summed E-state index contributed by atoms with van der Waals surface area (Å²) in [7, 11) is 1.62. The molecule has 0 aliphatic carbocycles. The summed E-state index contributed by atoms with van der Waals surface area (Å²) in [5, 5.41) is 0. The van der Waals surface area contributed by atoms with Gasteiger partial charge in [-0.1, -0.05) is 20.8 Å². The van der Waals surface area contributed by atoms with Gasteiger partial charge in [-0.25, -0.2) is 5.48 Å². The van der Waals surface area contributed by atoms with Gasteiger partial charge in [0.2, 0.25) is 0 Å². The average molecular weight is 160 g/mol. The lowest BCUT2D eigenvalue weighted by Crippen LogP contribution is -2.21. The van der Waals surface area contributed by atoms with Crippen LogP contribution in [0.2, 0.25) is 0 Å². The van der Waals surface area contributed by atoms with Crippen LogP contribution in [0.3, 0.4) is 0 Å². The standard InChI is InChI=1S/C5H10N2O2.C2H6/c1-3-5(6-2)7-9-4-8;1-2/h4H,3H2,1-2H3,(H,6,7);1-2H3. The zero-order valence-electron chi connectivity index (χ0n) is 7.55. The van der Waals surface area contributed by atoms with Gasteiger partial charge < -0.3 is 4.84 Å². The third-order valence-corrected chi connectivity index (χ3v) is 0.830. The molecular weight excluding hydrogens is 144 g/mol. The third kappa shape index (κ3) is 8.94. The molecule has 0 radical (unpaired) electrons. The van der Waals surface area contributed by atoms with Crippen molar-refractivity contribution >= 4 is 12.3 Å². The van der Waals surface area contributed by atoms with Gasteiger partial charge in [-0.15, -0.1) is 0 Å². The third-order valence-electron chi connectivity index (χ3n) is 0.830. The van der Waals surface area contributed by atoms with E-state index in [9.17, 15) is 4.79 Å². The Morgan fingerprint density at radius 2 is 2.18 bits per heavy atom. The summed E-state index contributed by atoms with van der Waals surface area (Å²) < 4.78 is 0. The Balaban J connectivity index is 0. The fourth-order valence-electron chi connectivity index (χ4n) is 0.368. The number of carbonyl (C=O) groups is 1. The number of hydrogen-bond donors (Lipinski definition) is 1. The first-order valence-corrected chi connectivity index (χ1v) is 3.66. The number of aliphatic imine (C=N–C) groups is 1. The highest BCUT2D eigenvalue weighted by atomic mass is 16.7. The van der Waals surface area contributed by atoms with Gasteiger partial charge in [-0.3, -0.25) is 9.79 Å². The molecular formula is C7H16N2O2. The van der Waals surface area contributed by atoms with Crippen LogP contribution >= 0.6 is 0 Å². The maximum absolute atomic E-state index is 9.60. The Hall–Kier alpha value is -1.06. The molecule has 0 aromatic rings. The highest BCUT2D eigenvalue weighted by Gasteiger charge is 1.89. The van der Waals surface area contributed by atoms with Crippen LogP contribution in [0, 0.1) is 0 Å². The first-order chi connectivity index (χ1) is 5.35. The largest absolute Gasteiger partial charge is 0.346 e. The molecule has 11 heavy (non-hydrogen) atoms. The fraction of sp³-hybridized carbons (Fsp3) is 0.714. The summed E-state index contributed by atoms with van der Waals surface area (Å²) in [6, 6.07) is 0. The lowest BCUT2D eigenvalue weighted by atomic mass is 10.5. The minimum Gasteiger partial charge on any atom is -0.346 e. The van der Waals surface area contributed by atoms with Crippen molar-refractivity contribution in [3.63, 3.8) is 0 Å². The molecule has 0 spiro atoms. The van der Waals surface area contributed by atoms with Gasteiger partial charge in [-0.2, -0.15) is 0 Å². The summed E-state index contributed by atoms with van der Waals surface area (Å²) in [4.78, 5) is 17.6. The zero-order chi connectivity index (χ0) is 9.11. The predicted octanol–water partition coefficient (Wildman–Crippen LogP) is 1.13. The van der Waals surface area contributed by atoms with Crippen molar-refractivity contribution in [2.75, 3.05) is 7.05 Å². The number of nitrogens with one attached hydrogen (secondary N) is 1. The molecule has 1 N–H and O–H groups in total. The molecule has 0 aliphatic heterocycles. The van der Waals surface area contributed by atoms with Gasteiger partial charge in [-0.05, 0) is 0 Å². The van der Waals surface area contributed by atoms with Crippen molar-refractivity contribution in [2.45, 2.75) is 27.2 Å². The SMILES string of the molecule is CC.CCC(=NC)NOC=O. The monoisotopic (exact) mass is 160 g/mol. The van der Waals surface area contributed by atoms with Gasteiger partial charge in [0, 0.05) is 13.5 Å². The average Bonchev–Trinajstić information content (AvgIpc) is 2.10. The van der Waals surface area contributed by atoms with Crippen molar-refractivity contribution in [3.05, 3.63) is 0 Å². The molecule has 0 aromatic carbocycles. The Morgan fingerprint density at radius 1 is 1.64 bits per heavy atom. The second-order valence-electron chi connectivity index (χ2n) is 1.34. The van der Waals surface area contributed by atoms with E-state index in [-0.39, 0.29) is 0 Å². The number of rotatable bonds is 3. The second-order valence-corrected chi connectivity index (χ2v) is 1.34. The molecule has 0 saturated carbocycles. The maximum atomic E-state index is 9.60. The first-order valence-electron chi connectivity index (χ1n) is 3.66. The van der Waals surface area contributed by atoms with Crippen LogP contribution in [0.1, 0.15) is 27.2 Å². The molecule has 66 valence electrons. The lowest BCUT2D eigenvalue weighted by molar-refractivity contribution is -0.132. The van der Waals surface area contributed by atoms with Crippen LogP contribution in [0.4, 0.5) is 0 Å². The highest BCUT2D eigenvalue weighted by molar-refractivity contribution is 5.81. The van der Waals surface area contributed by atoms with Crippen LogP contribution in [0.25, 0.3) is 0 Å². The van der Waals surface area contributed by atoms with E-state index >= 15 is 0 Å². The van der Waals surface area contributed by atoms with E-state index < -0.39 is 0 Å². The molecule has 4 heteroatoms. The van der Waals surface area contributed by atoms with Gasteiger partial charge >= 0.3 is 6.47 Å². The Bertz CT molecular complexity index is 113. The van der Waals surface area contributed by atoms with Gasteiger partial charge in [0.1, 0.15) is 5.84 Å². The number of hydroxylamine groups is 1. The Kier molecular flexibility index (Phi) is 13.4. The zero-order valence-corrected chi connectivity index (χ0v) is 7.55. The fourth-order valence-corrected chi connectivity index (χ4v) is 0.368. The number of carbonyl (C=O) groups excluding carboxylic acids is 1. The molecule has 0 atom stereocenters. The van der Waals surface area contributed by atoms with Crippen LogP contribution < -0.4 is 5.48 Å². The molecule has 0 saturated heterocycles. The van der Waals surface area contributed by atoms with Crippen molar-refractivity contribution in [1.82, 2.24) is 5.48 Å². The van der Waals surface area contributed by atoms with E-state index in [0.717, 1.165) is 6.42 Å². The number of amidine groups is 1. The minimum atomic E-state index is 0.320. The van der Waals surface area contributed by atoms with Gasteiger partial charge in [0.05, 0.1) is 0 Å². The summed E-state index contributed by atoms with van der Waals surface area (Å²) in [5.41, 5.74) is 2.35. The van der Waals surface area contributed by atoms with E-state index in [1.807, 2.05) is 20.8 Å². The first kappa shape index (κ1) is 12.6. The maximum Gasteiger partial charge on any atom is 0.320 e. The number of hydrogen-bond acceptors (Lipinski definition) is 3. The molecule has 0 amide bonds. The van der Waals surface area contributed by atoms with Crippen LogP contribution in [-0.4, -0.2) is 19.4 Å². The van der Waals surface area contributed by atoms with Crippen molar-refractivity contribution in [1.29, 1.82) is 0 Å². The van der Waals surface area contributed by atoms with Crippen molar-refractivity contribution in [3.8, 4) is 0 Å². The van der Waals surface area contributed by atoms with E-state index in [1.165, 1.54) is 0 Å². The van der Waals surface area contributed by atoms with E-state index in [0.29, 0.717) is 12.3 Å². The normalized spacial score (nSPS) is 9.27. The molecule has 0 aromatic heterocycles. The van der Waals surface area contributed by atoms with Gasteiger partial charge in [0.25, 0.3) is 0 Å². The van der Waals surface area contributed by atoms with E-state index in [1.54, 1.807) is 7.05 Å². The molecule has 0 fully saturated rings. The highest BCUT2D eigenvalue weighted by Crippen LogP contribution is 1.77. The minimum absolute atomic E-state index is 0.320. The van der Waals surface area contributed by atoms with Crippen LogP contribution in [0.5, 0.6) is 0 Å². The smallest absolute Gasteiger partial charge is 0.320 e. The summed E-state index contributed by atoms with van der Waals surface area (Å²) >= 11 is 0. The molecule has 0 heterocycles. The molecule has 0 unspecified atom stereocenters. The van der Waals surface area contributed by atoms with E-state index in [2.05, 4.69) is 15.3 Å². The topological polar surface area (TPSA) is 50.7 Å². The van der Waals surface area contributed by atoms with Crippen molar-refractivity contribution < 1.29 is 9.63 Å². The summed E-state index contributed by atoms with van der Waals surface area (Å²) in [6.45, 7) is 6.23. The Morgan fingerprint density at radius 3 is 2.45 bits per heavy atom. The molecule has 0 bridgehead atoms. The van der Waals surface area contributed by atoms with Crippen LogP contribution in [0.15, 0.2) is 4.99 Å². The quantitative estimate of drug-likeness (QED) is 0.291. The molecule has 0 aliphatic rings. The van der Waals surface area contributed by atoms with Gasteiger partial charge in [0.15, 0.2) is 0 Å². The van der Waals surface area contributed by atoms with Crippen LogP contribution in [-0.2, 0) is 9.63 Å². The summed E-state index contributed by atoms with van der Waals surface area (Å²) in [6.07, 6.45) is 0.727. The Labute approximate surface area is 67.6 Å². The van der Waals surface area contributed by atoms with E-state index in [4.69, 9.17) is 0 Å². The lowest BCUT2D eigenvalue weighted by Gasteiger charge is -2.00. The number of nitrogens with zero attached hydrogens (tertiary/aromatic N) is 1. The molecule has 4 nitrogen and oxygen atoms in total. The van der Waals surface area contributed by atoms with Crippen molar-refractivity contribution in [2.24, 2.45) is 4.99 Å². The predicted molar refractivity (Wildman–Crippen MR) is 45.3 cm³/mol. The molecule has 0 rings (SSSR count). The summed E-state index contributed by atoms with van der Waals surface area (Å²) in [5.74, 6) is 0.655. The second kappa shape index (κ2) is 11.7.